The number of aromatic nitrogens is 2. The minimum Gasteiger partial charge on any atom is -0.487 e. The number of nitrogens with two attached hydrogens (primary N) is 1. The number of imidazole rings is 1. The highest BCUT2D eigenvalue weighted by atomic mass is 16.5. The van der Waals surface area contributed by atoms with Crippen LogP contribution in [0.25, 0.3) is 5.65 Å². The quantitative estimate of drug-likeness (QED) is 0.781. The van der Waals surface area contributed by atoms with Crippen LogP contribution >= 0.6 is 0 Å². The summed E-state index contributed by atoms with van der Waals surface area (Å²) in [4.78, 5) is 4.46. The maximum atomic E-state index is 5.73. The van der Waals surface area contributed by atoms with Gasteiger partial charge in [-0.25, -0.2) is 4.98 Å². The molecule has 19 heavy (non-hydrogen) atoms. The number of ether oxygens (including phenoxy) is 1. The summed E-state index contributed by atoms with van der Waals surface area (Å²) in [6.07, 6.45) is 3.84. The van der Waals surface area contributed by atoms with Crippen molar-refractivity contribution in [1.82, 2.24) is 9.38 Å². The first kappa shape index (κ1) is 11.6. The van der Waals surface area contributed by atoms with Crippen LogP contribution in [0.15, 0.2) is 48.8 Å². The van der Waals surface area contributed by atoms with Gasteiger partial charge in [0.25, 0.3) is 0 Å². The maximum Gasteiger partial charge on any atom is 0.139 e. The highest BCUT2D eigenvalue weighted by Crippen LogP contribution is 2.14. The predicted octanol–water partition coefficient (Wildman–Crippen LogP) is 2.80. The molecule has 2 heterocycles. The Bertz CT molecular complexity index is 701. The molecule has 3 rings (SSSR count). The predicted molar refractivity (Wildman–Crippen MR) is 75.1 cm³/mol. The van der Waals surface area contributed by atoms with Gasteiger partial charge >= 0.3 is 0 Å². The van der Waals surface area contributed by atoms with Crippen LogP contribution in [-0.4, -0.2) is 9.38 Å². The number of fused-ring (bicyclic) bond motifs is 1. The van der Waals surface area contributed by atoms with Gasteiger partial charge in [0.1, 0.15) is 18.0 Å². The van der Waals surface area contributed by atoms with Gasteiger partial charge in [-0.1, -0.05) is 17.7 Å². The summed E-state index contributed by atoms with van der Waals surface area (Å²) in [5.74, 6) is 0.849. The van der Waals surface area contributed by atoms with Crippen molar-refractivity contribution in [2.45, 2.75) is 13.5 Å². The van der Waals surface area contributed by atoms with E-state index in [1.165, 1.54) is 5.56 Å². The Morgan fingerprint density at radius 1 is 1.21 bits per heavy atom. The van der Waals surface area contributed by atoms with Crippen molar-refractivity contribution in [3.8, 4) is 5.75 Å². The van der Waals surface area contributed by atoms with E-state index in [0.29, 0.717) is 12.3 Å². The van der Waals surface area contributed by atoms with Crippen molar-refractivity contribution in [2.75, 3.05) is 5.73 Å². The largest absolute Gasteiger partial charge is 0.487 e. The van der Waals surface area contributed by atoms with E-state index < -0.39 is 0 Å². The zero-order chi connectivity index (χ0) is 13.2. The molecule has 0 spiro atoms. The summed E-state index contributed by atoms with van der Waals surface area (Å²) in [7, 11) is 0. The Kier molecular flexibility index (Phi) is 2.83. The standard InChI is InChI=1S/C15H15N3O/c1-11-2-4-14(5-3-11)19-10-13-9-18-7-6-12(16)8-15(18)17-13/h2-9H,10,16H2,1H3. The summed E-state index contributed by atoms with van der Waals surface area (Å²) >= 11 is 0. The normalized spacial score (nSPS) is 10.8. The molecular formula is C15H15N3O. The molecule has 0 unspecified atom stereocenters. The Labute approximate surface area is 111 Å². The summed E-state index contributed by atoms with van der Waals surface area (Å²) in [6, 6.07) is 11.7. The number of anilines is 1. The Balaban J connectivity index is 1.76. The first-order valence-electron chi connectivity index (χ1n) is 6.13. The molecular weight excluding hydrogens is 238 g/mol. The first-order valence-corrected chi connectivity index (χ1v) is 6.13. The fraction of sp³-hybridized carbons (Fsp3) is 0.133. The highest BCUT2D eigenvalue weighted by Gasteiger charge is 2.03. The lowest BCUT2D eigenvalue weighted by atomic mass is 10.2. The van der Waals surface area contributed by atoms with Crippen molar-refractivity contribution in [3.63, 3.8) is 0 Å². The van der Waals surface area contributed by atoms with Gasteiger partial charge in [0.2, 0.25) is 0 Å². The third-order valence-corrected chi connectivity index (χ3v) is 2.94. The van der Waals surface area contributed by atoms with Crippen LogP contribution in [0.3, 0.4) is 0 Å². The minimum atomic E-state index is 0.449. The number of benzene rings is 1. The second kappa shape index (κ2) is 4.65. The number of nitrogens with zero attached hydrogens (tertiary/aromatic N) is 2. The molecule has 96 valence electrons. The zero-order valence-electron chi connectivity index (χ0n) is 10.7. The number of nitrogen functional groups attached to an aromatic ring is 1. The molecule has 4 heteroatoms. The van der Waals surface area contributed by atoms with Crippen LogP contribution in [0.2, 0.25) is 0 Å². The SMILES string of the molecule is Cc1ccc(OCc2cn3ccc(N)cc3n2)cc1. The fourth-order valence-electron chi connectivity index (χ4n) is 1.91. The molecule has 0 aliphatic carbocycles. The minimum absolute atomic E-state index is 0.449. The van der Waals surface area contributed by atoms with Gasteiger partial charge < -0.3 is 14.9 Å². The van der Waals surface area contributed by atoms with Crippen molar-refractivity contribution in [1.29, 1.82) is 0 Å². The molecule has 1 aromatic carbocycles. The van der Waals surface area contributed by atoms with Gasteiger partial charge in [0, 0.05) is 24.1 Å². The lowest BCUT2D eigenvalue weighted by molar-refractivity contribution is 0.302. The van der Waals surface area contributed by atoms with E-state index in [0.717, 1.165) is 17.1 Å². The van der Waals surface area contributed by atoms with Crippen LogP contribution in [0.4, 0.5) is 5.69 Å². The van der Waals surface area contributed by atoms with Crippen LogP contribution in [0.1, 0.15) is 11.3 Å². The van der Waals surface area contributed by atoms with Crippen LogP contribution in [0, 0.1) is 6.92 Å². The van der Waals surface area contributed by atoms with Crippen LogP contribution < -0.4 is 10.5 Å². The van der Waals surface area contributed by atoms with Crippen LogP contribution in [0.5, 0.6) is 5.75 Å². The molecule has 0 atom stereocenters. The molecule has 0 amide bonds. The number of aryl methyl sites for hydroxylation is 1. The van der Waals surface area contributed by atoms with Gasteiger partial charge in [-0.15, -0.1) is 0 Å². The lowest BCUT2D eigenvalue weighted by Crippen LogP contribution is -1.95. The van der Waals surface area contributed by atoms with Gasteiger partial charge in [-0.3, -0.25) is 0 Å². The molecule has 3 aromatic rings. The molecule has 0 bridgehead atoms. The maximum absolute atomic E-state index is 5.73. The number of hydrogen-bond donors (Lipinski definition) is 1. The van der Waals surface area contributed by atoms with Crippen molar-refractivity contribution in [2.24, 2.45) is 0 Å². The van der Waals surface area contributed by atoms with Crippen molar-refractivity contribution >= 4 is 11.3 Å². The van der Waals surface area contributed by atoms with E-state index in [9.17, 15) is 0 Å². The summed E-state index contributed by atoms with van der Waals surface area (Å²) < 4.78 is 7.63. The van der Waals surface area contributed by atoms with Crippen molar-refractivity contribution in [3.05, 3.63) is 60.0 Å². The molecule has 0 saturated carbocycles. The summed E-state index contributed by atoms with van der Waals surface area (Å²) in [6.45, 7) is 2.50. The average Bonchev–Trinajstić information content (AvgIpc) is 2.80. The van der Waals surface area contributed by atoms with Crippen molar-refractivity contribution < 1.29 is 4.74 Å². The Morgan fingerprint density at radius 3 is 2.79 bits per heavy atom. The summed E-state index contributed by atoms with van der Waals surface area (Å²) in [5.41, 5.74) is 9.37. The average molecular weight is 253 g/mol. The van der Waals surface area contributed by atoms with E-state index in [2.05, 4.69) is 11.9 Å². The number of pyridine rings is 1. The number of hydrogen-bond acceptors (Lipinski definition) is 3. The van der Waals surface area contributed by atoms with E-state index in [1.807, 2.05) is 53.2 Å². The Morgan fingerprint density at radius 2 is 2.00 bits per heavy atom. The molecule has 2 N–H and O–H groups in total. The van der Waals surface area contributed by atoms with E-state index >= 15 is 0 Å². The third kappa shape index (κ3) is 2.52. The smallest absolute Gasteiger partial charge is 0.139 e. The van der Waals surface area contributed by atoms with Gasteiger partial charge in [0.15, 0.2) is 0 Å². The second-order valence-electron chi connectivity index (χ2n) is 4.56. The molecule has 0 aliphatic rings. The third-order valence-electron chi connectivity index (χ3n) is 2.94. The lowest BCUT2D eigenvalue weighted by Gasteiger charge is -2.03. The Hall–Kier alpha value is -2.49. The van der Waals surface area contributed by atoms with E-state index in [4.69, 9.17) is 10.5 Å². The van der Waals surface area contributed by atoms with E-state index in [-0.39, 0.29) is 0 Å². The topological polar surface area (TPSA) is 52.5 Å². The number of rotatable bonds is 3. The second-order valence-corrected chi connectivity index (χ2v) is 4.56. The molecule has 0 radical (unpaired) electrons. The van der Waals surface area contributed by atoms with Gasteiger partial charge in [-0.05, 0) is 25.1 Å². The fourth-order valence-corrected chi connectivity index (χ4v) is 1.91. The monoisotopic (exact) mass is 253 g/mol. The van der Waals surface area contributed by atoms with Crippen LogP contribution in [-0.2, 0) is 6.61 Å². The first-order chi connectivity index (χ1) is 9.20. The zero-order valence-corrected chi connectivity index (χ0v) is 10.7. The van der Waals surface area contributed by atoms with Gasteiger partial charge in [-0.2, -0.15) is 0 Å². The molecule has 0 fully saturated rings. The molecule has 0 saturated heterocycles. The van der Waals surface area contributed by atoms with E-state index in [1.54, 1.807) is 0 Å². The highest BCUT2D eigenvalue weighted by molar-refractivity contribution is 5.52. The molecule has 2 aromatic heterocycles. The van der Waals surface area contributed by atoms with Gasteiger partial charge in [0.05, 0.1) is 5.69 Å². The molecule has 0 aliphatic heterocycles. The summed E-state index contributed by atoms with van der Waals surface area (Å²) in [5, 5.41) is 0. The molecule has 4 nitrogen and oxygen atoms in total.